The number of carbonyl (C=O) groups is 4. The summed E-state index contributed by atoms with van der Waals surface area (Å²) in [6.07, 6.45) is 0. The van der Waals surface area contributed by atoms with Crippen molar-refractivity contribution in [3.05, 3.63) is 35.9 Å². The van der Waals surface area contributed by atoms with Crippen LogP contribution in [0.1, 0.15) is 5.56 Å². The van der Waals surface area contributed by atoms with Gasteiger partial charge in [0.1, 0.15) is 0 Å². The van der Waals surface area contributed by atoms with Crippen molar-refractivity contribution < 1.29 is 19.2 Å². The summed E-state index contributed by atoms with van der Waals surface area (Å²) in [7, 11) is 0. The highest BCUT2D eigenvalue weighted by Crippen LogP contribution is 1.96. The van der Waals surface area contributed by atoms with E-state index in [0.717, 1.165) is 5.56 Å². The van der Waals surface area contributed by atoms with Crippen LogP contribution in [0, 0.1) is 0 Å². The molecule has 0 bridgehead atoms. The van der Waals surface area contributed by atoms with Crippen molar-refractivity contribution in [1.29, 1.82) is 0 Å². The molecule has 4 amide bonds. The topological polar surface area (TPSA) is 142 Å². The van der Waals surface area contributed by atoms with Gasteiger partial charge in [-0.2, -0.15) is 0 Å². The number of nitrogens with two attached hydrogens (primary N) is 1. The van der Waals surface area contributed by atoms with Gasteiger partial charge in [0.25, 0.3) is 0 Å². The van der Waals surface area contributed by atoms with E-state index >= 15 is 0 Å². The van der Waals surface area contributed by atoms with Crippen LogP contribution >= 0.6 is 0 Å². The fraction of sp³-hybridized carbons (Fsp3) is 0.333. The van der Waals surface area contributed by atoms with Gasteiger partial charge in [-0.15, -0.1) is 0 Å². The summed E-state index contributed by atoms with van der Waals surface area (Å²) in [5, 5.41) is 9.61. The second-order valence-corrected chi connectivity index (χ2v) is 4.80. The zero-order chi connectivity index (χ0) is 17.8. The zero-order valence-electron chi connectivity index (χ0n) is 13.1. The average molecular weight is 335 g/mol. The summed E-state index contributed by atoms with van der Waals surface area (Å²) >= 11 is 0. The number of amides is 4. The number of hydrogen-bond acceptors (Lipinski definition) is 5. The number of carbonyl (C=O) groups excluding carboxylic acids is 4. The maximum Gasteiger partial charge on any atom is 0.239 e. The molecule has 0 radical (unpaired) electrons. The predicted octanol–water partition coefficient (Wildman–Crippen LogP) is -2.39. The van der Waals surface area contributed by atoms with E-state index in [9.17, 15) is 19.2 Å². The first kappa shape index (κ1) is 19.1. The molecule has 0 atom stereocenters. The standard InChI is InChI=1S/C15H21N5O4/c16-6-12(21)18-8-14(23)20-10-15(24)19-9-13(22)17-7-11-4-2-1-3-5-11/h1-5H,6-10,16H2,(H,17,22)(H,18,21)(H,19,24)(H,20,23). The fourth-order valence-electron chi connectivity index (χ4n) is 1.59. The minimum atomic E-state index is -0.527. The van der Waals surface area contributed by atoms with Crippen LogP contribution in [0.25, 0.3) is 0 Å². The highest BCUT2D eigenvalue weighted by molar-refractivity contribution is 5.90. The van der Waals surface area contributed by atoms with Gasteiger partial charge in [-0.1, -0.05) is 30.3 Å². The molecule has 6 N–H and O–H groups in total. The van der Waals surface area contributed by atoms with Crippen LogP contribution in [0.4, 0.5) is 0 Å². The molecule has 0 aliphatic rings. The van der Waals surface area contributed by atoms with Crippen molar-refractivity contribution in [2.75, 3.05) is 26.2 Å². The second-order valence-electron chi connectivity index (χ2n) is 4.80. The van der Waals surface area contributed by atoms with Gasteiger partial charge in [0.05, 0.1) is 26.2 Å². The molecule has 24 heavy (non-hydrogen) atoms. The molecular formula is C15H21N5O4. The molecule has 0 fully saturated rings. The van der Waals surface area contributed by atoms with Crippen molar-refractivity contribution in [1.82, 2.24) is 21.3 Å². The Labute approximate surface area is 139 Å². The monoisotopic (exact) mass is 335 g/mol. The SMILES string of the molecule is NCC(=O)NCC(=O)NCC(=O)NCC(=O)NCc1ccccc1. The molecule has 1 aromatic rings. The highest BCUT2D eigenvalue weighted by atomic mass is 16.2. The molecule has 0 heterocycles. The molecule has 9 nitrogen and oxygen atoms in total. The van der Waals surface area contributed by atoms with Gasteiger partial charge in [0.2, 0.25) is 23.6 Å². The summed E-state index contributed by atoms with van der Waals surface area (Å²) in [6.45, 7) is -0.589. The second kappa shape index (κ2) is 10.7. The zero-order valence-corrected chi connectivity index (χ0v) is 13.1. The van der Waals surface area contributed by atoms with E-state index in [1.54, 1.807) is 0 Å². The van der Waals surface area contributed by atoms with Gasteiger partial charge in [-0.05, 0) is 5.56 Å². The van der Waals surface area contributed by atoms with Gasteiger partial charge in [-0.25, -0.2) is 0 Å². The number of rotatable bonds is 9. The van der Waals surface area contributed by atoms with Gasteiger partial charge >= 0.3 is 0 Å². The molecular weight excluding hydrogens is 314 g/mol. The molecule has 0 aliphatic heterocycles. The number of hydrogen-bond donors (Lipinski definition) is 5. The Morgan fingerprint density at radius 1 is 0.708 bits per heavy atom. The molecule has 0 aliphatic carbocycles. The van der Waals surface area contributed by atoms with Crippen LogP contribution in [0.3, 0.4) is 0 Å². The minimum absolute atomic E-state index is 0.189. The van der Waals surface area contributed by atoms with E-state index < -0.39 is 17.7 Å². The fourth-order valence-corrected chi connectivity index (χ4v) is 1.59. The summed E-state index contributed by atoms with van der Waals surface area (Å²) < 4.78 is 0. The Bertz CT molecular complexity index is 576. The van der Waals surface area contributed by atoms with Crippen LogP contribution in [-0.4, -0.2) is 49.8 Å². The molecule has 0 spiro atoms. The minimum Gasteiger partial charge on any atom is -0.350 e. The van der Waals surface area contributed by atoms with Crippen LogP contribution in [-0.2, 0) is 25.7 Å². The lowest BCUT2D eigenvalue weighted by Gasteiger charge is -2.08. The summed E-state index contributed by atoms with van der Waals surface area (Å²) in [6, 6.07) is 9.35. The van der Waals surface area contributed by atoms with Gasteiger partial charge in [0, 0.05) is 6.54 Å². The quantitative estimate of drug-likeness (QED) is 0.342. The lowest BCUT2D eigenvalue weighted by molar-refractivity contribution is -0.128. The molecule has 130 valence electrons. The predicted molar refractivity (Wildman–Crippen MR) is 86.4 cm³/mol. The van der Waals surface area contributed by atoms with E-state index in [4.69, 9.17) is 5.73 Å². The molecule has 0 saturated heterocycles. The first-order valence-corrected chi connectivity index (χ1v) is 7.32. The van der Waals surface area contributed by atoms with Crippen LogP contribution in [0.2, 0.25) is 0 Å². The molecule has 0 saturated carbocycles. The Morgan fingerprint density at radius 2 is 1.17 bits per heavy atom. The third-order valence-corrected chi connectivity index (χ3v) is 2.86. The number of nitrogens with one attached hydrogen (secondary N) is 4. The summed E-state index contributed by atoms with van der Waals surface area (Å²) in [5.41, 5.74) is 6.01. The van der Waals surface area contributed by atoms with E-state index in [0.29, 0.717) is 6.54 Å². The lowest BCUT2D eigenvalue weighted by atomic mass is 10.2. The third kappa shape index (κ3) is 8.49. The van der Waals surface area contributed by atoms with Gasteiger partial charge < -0.3 is 27.0 Å². The van der Waals surface area contributed by atoms with E-state index in [1.165, 1.54) is 0 Å². The van der Waals surface area contributed by atoms with Gasteiger partial charge in [-0.3, -0.25) is 19.2 Å². The van der Waals surface area contributed by atoms with E-state index in [1.807, 2.05) is 30.3 Å². The van der Waals surface area contributed by atoms with E-state index in [2.05, 4.69) is 21.3 Å². The summed E-state index contributed by atoms with van der Waals surface area (Å²) in [5.74, 6) is -1.85. The van der Waals surface area contributed by atoms with Crippen LogP contribution in [0.5, 0.6) is 0 Å². The largest absolute Gasteiger partial charge is 0.350 e. The summed E-state index contributed by atoms with van der Waals surface area (Å²) in [4.78, 5) is 45.3. The first-order valence-electron chi connectivity index (χ1n) is 7.32. The Hall–Kier alpha value is -2.94. The van der Waals surface area contributed by atoms with Crippen molar-refractivity contribution >= 4 is 23.6 Å². The maximum absolute atomic E-state index is 11.6. The molecule has 0 aromatic heterocycles. The average Bonchev–Trinajstić information content (AvgIpc) is 2.61. The maximum atomic E-state index is 11.6. The Balaban J connectivity index is 2.13. The first-order chi connectivity index (χ1) is 11.5. The molecule has 9 heteroatoms. The Kier molecular flexibility index (Phi) is 8.54. The van der Waals surface area contributed by atoms with Crippen LogP contribution in [0.15, 0.2) is 30.3 Å². The van der Waals surface area contributed by atoms with Crippen molar-refractivity contribution in [3.63, 3.8) is 0 Å². The third-order valence-electron chi connectivity index (χ3n) is 2.86. The van der Waals surface area contributed by atoms with Crippen molar-refractivity contribution in [2.45, 2.75) is 6.54 Å². The highest BCUT2D eigenvalue weighted by Gasteiger charge is 2.08. The Morgan fingerprint density at radius 3 is 1.67 bits per heavy atom. The van der Waals surface area contributed by atoms with Crippen molar-refractivity contribution in [2.24, 2.45) is 5.73 Å². The lowest BCUT2D eigenvalue weighted by Crippen LogP contribution is -2.44. The van der Waals surface area contributed by atoms with E-state index in [-0.39, 0.29) is 32.1 Å². The van der Waals surface area contributed by atoms with Gasteiger partial charge in [0.15, 0.2) is 0 Å². The molecule has 0 unspecified atom stereocenters. The number of benzene rings is 1. The molecule has 1 aromatic carbocycles. The molecule has 1 rings (SSSR count). The van der Waals surface area contributed by atoms with Crippen LogP contribution < -0.4 is 27.0 Å². The normalized spacial score (nSPS) is 9.71. The van der Waals surface area contributed by atoms with Crippen molar-refractivity contribution in [3.8, 4) is 0 Å². The smallest absolute Gasteiger partial charge is 0.239 e.